The molecule has 0 fully saturated rings. The number of hydrogen-bond donors (Lipinski definition) is 1. The minimum atomic E-state index is -0.435. The molecule has 0 saturated carbocycles. The molecule has 0 radical (unpaired) electrons. The zero-order chi connectivity index (χ0) is 21.6. The number of allylic oxidation sites excluding steroid dienone is 1. The second kappa shape index (κ2) is 7.42. The summed E-state index contributed by atoms with van der Waals surface area (Å²) in [5.41, 5.74) is 5.36. The number of nitrogens with zero attached hydrogens (tertiary/aromatic N) is 1. The van der Waals surface area contributed by atoms with Gasteiger partial charge in [-0.1, -0.05) is 69.7 Å². The van der Waals surface area contributed by atoms with Crippen molar-refractivity contribution in [2.75, 3.05) is 10.2 Å². The largest absolute Gasteiger partial charge is 0.357 e. The molecule has 30 heavy (non-hydrogen) atoms. The average molecular weight is 403 g/mol. The Kier molecular flexibility index (Phi) is 5.05. The van der Waals surface area contributed by atoms with E-state index in [1.54, 1.807) is 0 Å². The van der Waals surface area contributed by atoms with Crippen LogP contribution in [0.25, 0.3) is 0 Å². The van der Waals surface area contributed by atoms with Crippen molar-refractivity contribution in [2.45, 2.75) is 53.5 Å². The first kappa shape index (κ1) is 20.4. The number of Topliss-reactive ketones (excluding diaryl/α,β-unsaturated/α-hetero) is 1. The maximum absolute atomic E-state index is 13.5. The van der Waals surface area contributed by atoms with E-state index in [0.717, 1.165) is 40.2 Å². The van der Waals surface area contributed by atoms with Crippen molar-refractivity contribution in [3.63, 3.8) is 0 Å². The van der Waals surface area contributed by atoms with Gasteiger partial charge in [-0.2, -0.15) is 0 Å². The highest BCUT2D eigenvalue weighted by Crippen LogP contribution is 2.48. The number of fused-ring (bicyclic) bond motifs is 1. The lowest BCUT2D eigenvalue weighted by molar-refractivity contribution is -0.122. The van der Waals surface area contributed by atoms with Gasteiger partial charge in [-0.05, 0) is 36.5 Å². The summed E-state index contributed by atoms with van der Waals surface area (Å²) in [4.78, 5) is 28.9. The van der Waals surface area contributed by atoms with Gasteiger partial charge in [0.05, 0.1) is 17.4 Å². The number of anilines is 2. The standard InChI is InChI=1S/C26H30N2O2/c1-16(2)25(30)28-21-9-7-6-8-19(21)27-20-14-26(4,5)15-22(29)23(20)24(28)18-12-10-17(3)11-13-18/h6-13,16,24,27H,14-15H2,1-5H3. The van der Waals surface area contributed by atoms with Gasteiger partial charge in [0.25, 0.3) is 0 Å². The number of ketones is 1. The number of rotatable bonds is 2. The van der Waals surface area contributed by atoms with E-state index in [1.807, 2.05) is 62.1 Å². The van der Waals surface area contributed by atoms with Crippen molar-refractivity contribution in [2.24, 2.45) is 11.3 Å². The van der Waals surface area contributed by atoms with Crippen LogP contribution >= 0.6 is 0 Å². The second-order valence-corrected chi connectivity index (χ2v) is 9.65. The lowest BCUT2D eigenvalue weighted by atomic mass is 9.73. The Labute approximate surface area is 179 Å². The third kappa shape index (κ3) is 3.55. The zero-order valence-electron chi connectivity index (χ0n) is 18.5. The molecule has 4 heteroatoms. The second-order valence-electron chi connectivity index (χ2n) is 9.65. The number of nitrogens with one attached hydrogen (secondary N) is 1. The fourth-order valence-electron chi connectivity index (χ4n) is 4.57. The van der Waals surface area contributed by atoms with Crippen LogP contribution in [0.4, 0.5) is 11.4 Å². The first-order chi connectivity index (χ1) is 14.2. The monoisotopic (exact) mass is 402 g/mol. The number of amides is 1. The molecule has 2 aromatic carbocycles. The smallest absolute Gasteiger partial charge is 0.230 e. The Balaban J connectivity index is 2.01. The van der Waals surface area contributed by atoms with Crippen molar-refractivity contribution in [1.82, 2.24) is 0 Å². The van der Waals surface area contributed by atoms with Crippen LogP contribution < -0.4 is 10.2 Å². The van der Waals surface area contributed by atoms with E-state index >= 15 is 0 Å². The van der Waals surface area contributed by atoms with Crippen LogP contribution in [0.5, 0.6) is 0 Å². The third-order valence-corrected chi connectivity index (χ3v) is 6.03. The number of para-hydroxylation sites is 2. The Morgan fingerprint density at radius 3 is 2.40 bits per heavy atom. The number of aryl methyl sites for hydroxylation is 1. The van der Waals surface area contributed by atoms with E-state index in [0.29, 0.717) is 6.42 Å². The van der Waals surface area contributed by atoms with Crippen molar-refractivity contribution in [3.8, 4) is 0 Å². The molecule has 1 aliphatic carbocycles. The highest BCUT2D eigenvalue weighted by molar-refractivity contribution is 6.06. The Morgan fingerprint density at radius 1 is 1.07 bits per heavy atom. The predicted octanol–water partition coefficient (Wildman–Crippen LogP) is 5.79. The summed E-state index contributed by atoms with van der Waals surface area (Å²) in [6.07, 6.45) is 1.25. The van der Waals surface area contributed by atoms with E-state index in [4.69, 9.17) is 0 Å². The molecule has 0 bridgehead atoms. The number of benzene rings is 2. The molecule has 1 aliphatic heterocycles. The first-order valence-electron chi connectivity index (χ1n) is 10.7. The molecule has 1 N–H and O–H groups in total. The lowest BCUT2D eigenvalue weighted by Crippen LogP contribution is -2.41. The molecule has 0 aromatic heterocycles. The summed E-state index contributed by atoms with van der Waals surface area (Å²) >= 11 is 0. The van der Waals surface area contributed by atoms with Gasteiger partial charge in [0, 0.05) is 23.6 Å². The Morgan fingerprint density at radius 2 is 1.73 bits per heavy atom. The molecular formula is C26H30N2O2. The normalized spacial score (nSPS) is 20.4. The van der Waals surface area contributed by atoms with E-state index in [-0.39, 0.29) is 23.0 Å². The molecule has 1 amide bonds. The predicted molar refractivity (Wildman–Crippen MR) is 121 cm³/mol. The lowest BCUT2D eigenvalue weighted by Gasteiger charge is -2.37. The fraction of sp³-hybridized carbons (Fsp3) is 0.385. The van der Waals surface area contributed by atoms with Crippen LogP contribution in [0.2, 0.25) is 0 Å². The first-order valence-corrected chi connectivity index (χ1v) is 10.7. The highest BCUT2D eigenvalue weighted by atomic mass is 16.2. The van der Waals surface area contributed by atoms with Crippen LogP contribution in [-0.2, 0) is 9.59 Å². The molecule has 1 heterocycles. The molecule has 4 rings (SSSR count). The quantitative estimate of drug-likeness (QED) is 0.691. The molecule has 2 aliphatic rings. The molecule has 0 saturated heterocycles. The van der Waals surface area contributed by atoms with Gasteiger partial charge in [0.1, 0.15) is 0 Å². The zero-order valence-corrected chi connectivity index (χ0v) is 18.5. The van der Waals surface area contributed by atoms with Crippen molar-refractivity contribution in [3.05, 3.63) is 70.9 Å². The van der Waals surface area contributed by atoms with Crippen LogP contribution in [0.3, 0.4) is 0 Å². The fourth-order valence-corrected chi connectivity index (χ4v) is 4.57. The molecule has 4 nitrogen and oxygen atoms in total. The van der Waals surface area contributed by atoms with E-state index in [9.17, 15) is 9.59 Å². The Bertz CT molecular complexity index is 1030. The molecule has 1 atom stereocenters. The summed E-state index contributed by atoms with van der Waals surface area (Å²) in [5.74, 6) is -0.0572. The van der Waals surface area contributed by atoms with Gasteiger partial charge in [0.2, 0.25) is 5.91 Å². The van der Waals surface area contributed by atoms with Crippen molar-refractivity contribution >= 4 is 23.1 Å². The molecular weight excluding hydrogens is 372 g/mol. The molecule has 0 spiro atoms. The molecule has 2 aromatic rings. The van der Waals surface area contributed by atoms with E-state index in [2.05, 4.69) is 31.3 Å². The minimum Gasteiger partial charge on any atom is -0.357 e. The van der Waals surface area contributed by atoms with Crippen molar-refractivity contribution < 1.29 is 9.59 Å². The van der Waals surface area contributed by atoms with Gasteiger partial charge < -0.3 is 5.32 Å². The van der Waals surface area contributed by atoms with Crippen LogP contribution in [0.1, 0.15) is 57.7 Å². The maximum Gasteiger partial charge on any atom is 0.230 e. The van der Waals surface area contributed by atoms with Crippen molar-refractivity contribution in [1.29, 1.82) is 0 Å². The highest BCUT2D eigenvalue weighted by Gasteiger charge is 2.43. The molecule has 156 valence electrons. The number of carbonyl (C=O) groups is 2. The number of carbonyl (C=O) groups excluding carboxylic acids is 2. The van der Waals surface area contributed by atoms with Crippen LogP contribution in [-0.4, -0.2) is 11.7 Å². The van der Waals surface area contributed by atoms with Gasteiger partial charge >= 0.3 is 0 Å². The van der Waals surface area contributed by atoms with Crippen LogP contribution in [0, 0.1) is 18.3 Å². The van der Waals surface area contributed by atoms with E-state index < -0.39 is 6.04 Å². The third-order valence-electron chi connectivity index (χ3n) is 6.03. The van der Waals surface area contributed by atoms with Gasteiger partial charge in [-0.15, -0.1) is 0 Å². The minimum absolute atomic E-state index is 0.0150. The number of hydrogen-bond acceptors (Lipinski definition) is 3. The SMILES string of the molecule is Cc1ccc(C2C3=C(CC(C)(C)CC3=O)Nc3ccccc3N2C(=O)C(C)C)cc1. The summed E-state index contributed by atoms with van der Waals surface area (Å²) in [6.45, 7) is 10.1. The Hall–Kier alpha value is -2.88. The summed E-state index contributed by atoms with van der Waals surface area (Å²) < 4.78 is 0. The van der Waals surface area contributed by atoms with Crippen LogP contribution in [0.15, 0.2) is 59.8 Å². The average Bonchev–Trinajstić information content (AvgIpc) is 2.81. The topological polar surface area (TPSA) is 49.4 Å². The summed E-state index contributed by atoms with van der Waals surface area (Å²) in [6, 6.07) is 15.6. The molecule has 1 unspecified atom stereocenters. The van der Waals surface area contributed by atoms with Gasteiger partial charge in [-0.25, -0.2) is 0 Å². The van der Waals surface area contributed by atoms with Gasteiger partial charge in [0.15, 0.2) is 5.78 Å². The maximum atomic E-state index is 13.5. The summed E-state index contributed by atoms with van der Waals surface area (Å²) in [5, 5.41) is 3.55. The summed E-state index contributed by atoms with van der Waals surface area (Å²) in [7, 11) is 0. The van der Waals surface area contributed by atoms with Gasteiger partial charge in [-0.3, -0.25) is 14.5 Å². The van der Waals surface area contributed by atoms with E-state index in [1.165, 1.54) is 0 Å².